The fourth-order valence-corrected chi connectivity index (χ4v) is 6.47. The topological polar surface area (TPSA) is 114 Å². The number of H-pyrrole nitrogens is 1. The molecule has 10 nitrogen and oxygen atoms in total. The summed E-state index contributed by atoms with van der Waals surface area (Å²) in [6.07, 6.45) is 6.99. The van der Waals surface area contributed by atoms with Gasteiger partial charge in [0.25, 0.3) is 5.91 Å². The van der Waals surface area contributed by atoms with Crippen molar-refractivity contribution in [1.82, 2.24) is 19.8 Å². The van der Waals surface area contributed by atoms with Crippen molar-refractivity contribution in [1.29, 1.82) is 0 Å². The Bertz CT molecular complexity index is 1390. The van der Waals surface area contributed by atoms with Crippen LogP contribution in [-0.2, 0) is 10.0 Å². The second kappa shape index (κ2) is 11.8. The standard InChI is InChI=1S/C28H39N7O3S/c1-21(2)31-26-7-6-10-29-27(26)34-13-15-35(16-14-34)28(36)24-20-30-25-9-8-22(19-23(24)25)32-39(37,38)18-17-33-11-4-3-5-12-33/h6-10,19-21,30-32H,3-5,11-18H2,1-2H3. The van der Waals surface area contributed by atoms with Crippen LogP contribution in [-0.4, -0.2) is 91.7 Å². The van der Waals surface area contributed by atoms with Crippen LogP contribution in [0.15, 0.2) is 42.7 Å². The zero-order valence-corrected chi connectivity index (χ0v) is 23.6. The molecule has 4 heterocycles. The van der Waals surface area contributed by atoms with Gasteiger partial charge in [-0.05, 0) is 70.1 Å². The van der Waals surface area contributed by atoms with Crippen LogP contribution in [0.1, 0.15) is 43.5 Å². The van der Waals surface area contributed by atoms with Crippen molar-refractivity contribution in [3.8, 4) is 0 Å². The monoisotopic (exact) mass is 553 g/mol. The maximum atomic E-state index is 13.5. The predicted molar refractivity (Wildman–Crippen MR) is 157 cm³/mol. The summed E-state index contributed by atoms with van der Waals surface area (Å²) in [4.78, 5) is 27.6. The molecular weight excluding hydrogens is 514 g/mol. The number of piperidine rings is 1. The number of carbonyl (C=O) groups is 1. The molecule has 5 rings (SSSR count). The van der Waals surface area contributed by atoms with Crippen LogP contribution in [0.25, 0.3) is 10.9 Å². The van der Waals surface area contributed by atoms with Crippen LogP contribution < -0.4 is 14.9 Å². The summed E-state index contributed by atoms with van der Waals surface area (Å²) < 4.78 is 28.3. The molecule has 3 aromatic rings. The number of carbonyl (C=O) groups excluding carboxylic acids is 1. The highest BCUT2D eigenvalue weighted by molar-refractivity contribution is 7.92. The molecule has 1 amide bonds. The van der Waals surface area contributed by atoms with E-state index in [1.54, 1.807) is 24.5 Å². The Hall–Kier alpha value is -3.31. The van der Waals surface area contributed by atoms with Gasteiger partial charge in [-0.2, -0.15) is 0 Å². The van der Waals surface area contributed by atoms with Crippen LogP contribution in [0.4, 0.5) is 17.2 Å². The summed E-state index contributed by atoms with van der Waals surface area (Å²) >= 11 is 0. The number of nitrogens with zero attached hydrogens (tertiary/aromatic N) is 4. The molecule has 0 saturated carbocycles. The van der Waals surface area contributed by atoms with Crippen molar-refractivity contribution in [2.24, 2.45) is 0 Å². The molecule has 0 aliphatic carbocycles. The first-order chi connectivity index (χ1) is 18.8. The van der Waals surface area contributed by atoms with E-state index in [9.17, 15) is 13.2 Å². The molecule has 3 N–H and O–H groups in total. The van der Waals surface area contributed by atoms with E-state index >= 15 is 0 Å². The predicted octanol–water partition coefficient (Wildman–Crippen LogP) is 3.57. The number of likely N-dealkylation sites (tertiary alicyclic amines) is 1. The third-order valence-electron chi connectivity index (χ3n) is 7.41. The number of aromatic amines is 1. The van der Waals surface area contributed by atoms with Gasteiger partial charge in [0.2, 0.25) is 10.0 Å². The number of benzene rings is 1. The molecular formula is C28H39N7O3S. The number of piperazine rings is 1. The summed E-state index contributed by atoms with van der Waals surface area (Å²) in [6, 6.07) is 9.56. The Morgan fingerprint density at radius 3 is 2.56 bits per heavy atom. The number of hydrogen-bond acceptors (Lipinski definition) is 7. The maximum Gasteiger partial charge on any atom is 0.256 e. The van der Waals surface area contributed by atoms with Gasteiger partial charge in [-0.15, -0.1) is 0 Å². The number of pyridine rings is 1. The number of anilines is 3. The molecule has 2 aliphatic heterocycles. The summed E-state index contributed by atoms with van der Waals surface area (Å²) in [5.74, 6) is 0.897. The Morgan fingerprint density at radius 2 is 1.82 bits per heavy atom. The number of sulfonamides is 1. The van der Waals surface area contributed by atoms with Gasteiger partial charge in [0.1, 0.15) is 0 Å². The van der Waals surface area contributed by atoms with Gasteiger partial charge in [0.15, 0.2) is 5.82 Å². The van der Waals surface area contributed by atoms with Gasteiger partial charge in [-0.1, -0.05) is 6.42 Å². The molecule has 11 heteroatoms. The van der Waals surface area contributed by atoms with E-state index in [-0.39, 0.29) is 11.7 Å². The van der Waals surface area contributed by atoms with E-state index in [4.69, 9.17) is 0 Å². The van der Waals surface area contributed by atoms with E-state index in [0.29, 0.717) is 55.4 Å². The molecule has 0 radical (unpaired) electrons. The van der Waals surface area contributed by atoms with Crippen molar-refractivity contribution in [2.75, 3.05) is 66.5 Å². The van der Waals surface area contributed by atoms with E-state index in [2.05, 4.69) is 43.7 Å². The maximum absolute atomic E-state index is 13.5. The fraction of sp³-hybridized carbons (Fsp3) is 0.500. The van der Waals surface area contributed by atoms with Crippen molar-refractivity contribution >= 4 is 44.0 Å². The minimum absolute atomic E-state index is 0.0545. The van der Waals surface area contributed by atoms with Gasteiger partial charge < -0.3 is 25.0 Å². The lowest BCUT2D eigenvalue weighted by atomic mass is 10.1. The zero-order valence-electron chi connectivity index (χ0n) is 22.8. The normalized spacial score (nSPS) is 17.1. The van der Waals surface area contributed by atoms with Crippen molar-refractivity contribution in [2.45, 2.75) is 39.2 Å². The first-order valence-corrected chi connectivity index (χ1v) is 15.5. The van der Waals surface area contributed by atoms with E-state index in [1.807, 2.05) is 23.1 Å². The van der Waals surface area contributed by atoms with E-state index in [0.717, 1.165) is 43.0 Å². The molecule has 0 bridgehead atoms. The quantitative estimate of drug-likeness (QED) is 0.371. The molecule has 2 saturated heterocycles. The molecule has 0 unspecified atom stereocenters. The summed E-state index contributed by atoms with van der Waals surface area (Å²) in [6.45, 7) is 9.16. The lowest BCUT2D eigenvalue weighted by Crippen LogP contribution is -2.49. The molecule has 210 valence electrons. The largest absolute Gasteiger partial charge is 0.380 e. The van der Waals surface area contributed by atoms with Crippen LogP contribution in [0, 0.1) is 0 Å². The second-order valence-corrected chi connectivity index (χ2v) is 12.6. The molecule has 2 aliphatic rings. The molecule has 0 spiro atoms. The SMILES string of the molecule is CC(C)Nc1cccnc1N1CCN(C(=O)c2c[nH]c3ccc(NS(=O)(=O)CCN4CCCCC4)cc23)CC1. The molecule has 2 aromatic heterocycles. The highest BCUT2D eigenvalue weighted by atomic mass is 32.2. The summed E-state index contributed by atoms with van der Waals surface area (Å²) in [7, 11) is -3.50. The number of fused-ring (bicyclic) bond motifs is 1. The Morgan fingerprint density at radius 1 is 1.05 bits per heavy atom. The lowest BCUT2D eigenvalue weighted by molar-refractivity contribution is 0.0748. The summed E-state index contributed by atoms with van der Waals surface area (Å²) in [5.41, 5.74) is 2.81. The van der Waals surface area contributed by atoms with Gasteiger partial charge in [0, 0.05) is 67.7 Å². The number of hydrogen-bond donors (Lipinski definition) is 3. The van der Waals surface area contributed by atoms with Crippen molar-refractivity contribution in [3.05, 3.63) is 48.3 Å². The first kappa shape index (κ1) is 27.3. The first-order valence-electron chi connectivity index (χ1n) is 13.9. The second-order valence-electron chi connectivity index (χ2n) is 10.7. The number of aromatic nitrogens is 2. The molecule has 39 heavy (non-hydrogen) atoms. The lowest BCUT2D eigenvalue weighted by Gasteiger charge is -2.36. The zero-order chi connectivity index (χ0) is 27.4. The number of amides is 1. The highest BCUT2D eigenvalue weighted by Crippen LogP contribution is 2.27. The van der Waals surface area contributed by atoms with Gasteiger partial charge >= 0.3 is 0 Å². The molecule has 1 aromatic carbocycles. The highest BCUT2D eigenvalue weighted by Gasteiger charge is 2.26. The average Bonchev–Trinajstić information content (AvgIpc) is 3.35. The molecule has 2 fully saturated rings. The minimum Gasteiger partial charge on any atom is -0.380 e. The van der Waals surface area contributed by atoms with Crippen LogP contribution in [0.5, 0.6) is 0 Å². The van der Waals surface area contributed by atoms with Crippen LogP contribution in [0.2, 0.25) is 0 Å². The Kier molecular flexibility index (Phi) is 8.27. The third-order valence-corrected chi connectivity index (χ3v) is 8.67. The average molecular weight is 554 g/mol. The van der Waals surface area contributed by atoms with Crippen molar-refractivity contribution < 1.29 is 13.2 Å². The van der Waals surface area contributed by atoms with E-state index < -0.39 is 10.0 Å². The number of rotatable bonds is 9. The smallest absolute Gasteiger partial charge is 0.256 e. The third kappa shape index (κ3) is 6.65. The van der Waals surface area contributed by atoms with E-state index in [1.165, 1.54) is 6.42 Å². The van der Waals surface area contributed by atoms with Gasteiger partial charge in [-0.25, -0.2) is 13.4 Å². The van der Waals surface area contributed by atoms with Crippen LogP contribution in [0.3, 0.4) is 0 Å². The minimum atomic E-state index is -3.50. The van der Waals surface area contributed by atoms with Gasteiger partial charge in [-0.3, -0.25) is 9.52 Å². The Labute approximate surface area is 230 Å². The Balaban J connectivity index is 1.24. The molecule has 0 atom stereocenters. The van der Waals surface area contributed by atoms with Crippen molar-refractivity contribution in [3.63, 3.8) is 0 Å². The van der Waals surface area contributed by atoms with Crippen LogP contribution >= 0.6 is 0 Å². The summed E-state index contributed by atoms with van der Waals surface area (Å²) in [5, 5.41) is 4.17. The van der Waals surface area contributed by atoms with Gasteiger partial charge in [0.05, 0.1) is 17.0 Å². The number of nitrogens with one attached hydrogen (secondary N) is 3. The fourth-order valence-electron chi connectivity index (χ4n) is 5.39.